The molecule has 0 radical (unpaired) electrons. The molecule has 0 saturated heterocycles. The molecule has 5 heteroatoms. The van der Waals surface area contributed by atoms with Gasteiger partial charge in [-0.3, -0.25) is 4.79 Å². The van der Waals surface area contributed by atoms with Gasteiger partial charge in [-0.2, -0.15) is 0 Å². The van der Waals surface area contributed by atoms with Crippen molar-refractivity contribution >= 4 is 5.91 Å². The Labute approximate surface area is 170 Å². The average molecular weight is 388 g/mol. The van der Waals surface area contributed by atoms with Gasteiger partial charge in [0.05, 0.1) is 6.54 Å². The lowest BCUT2D eigenvalue weighted by Gasteiger charge is -2.23. The molecule has 0 fully saturated rings. The molecule has 148 valence electrons. The van der Waals surface area contributed by atoms with Crippen LogP contribution in [0.1, 0.15) is 27.2 Å². The molecule has 29 heavy (non-hydrogen) atoms. The molecule has 0 unspecified atom stereocenters. The standard InChI is InChI=1S/C24H24N2O3/c1-3-12-26(24(27)19-10-11-22-23(14-19)29-17-28-22)16-21-9-6-13-25(21)15-20-8-5-4-7-18(20)2/h3-11,13-14H,1,12,15-17H2,2H3. The van der Waals surface area contributed by atoms with Crippen LogP contribution in [0.5, 0.6) is 11.5 Å². The first-order valence-electron chi connectivity index (χ1n) is 9.64. The minimum atomic E-state index is -0.0631. The summed E-state index contributed by atoms with van der Waals surface area (Å²) in [5.74, 6) is 1.22. The van der Waals surface area contributed by atoms with Crippen molar-refractivity contribution in [3.63, 3.8) is 0 Å². The van der Waals surface area contributed by atoms with Gasteiger partial charge in [-0.15, -0.1) is 6.58 Å². The first-order valence-corrected chi connectivity index (χ1v) is 9.64. The van der Waals surface area contributed by atoms with Crippen LogP contribution in [0.15, 0.2) is 73.4 Å². The number of aryl methyl sites for hydroxylation is 1. The van der Waals surface area contributed by atoms with E-state index in [4.69, 9.17) is 9.47 Å². The minimum absolute atomic E-state index is 0.0631. The van der Waals surface area contributed by atoms with Crippen LogP contribution in [0, 0.1) is 6.92 Å². The van der Waals surface area contributed by atoms with Crippen molar-refractivity contribution in [1.29, 1.82) is 0 Å². The van der Waals surface area contributed by atoms with Crippen molar-refractivity contribution in [3.05, 3.63) is 95.8 Å². The van der Waals surface area contributed by atoms with Crippen LogP contribution in [-0.2, 0) is 13.1 Å². The summed E-state index contributed by atoms with van der Waals surface area (Å²) in [6.45, 7) is 7.86. The van der Waals surface area contributed by atoms with Crippen molar-refractivity contribution in [2.45, 2.75) is 20.0 Å². The van der Waals surface area contributed by atoms with Crippen molar-refractivity contribution < 1.29 is 14.3 Å². The van der Waals surface area contributed by atoms with E-state index < -0.39 is 0 Å². The molecule has 1 amide bonds. The van der Waals surface area contributed by atoms with Crippen LogP contribution in [-0.4, -0.2) is 28.7 Å². The highest BCUT2D eigenvalue weighted by Crippen LogP contribution is 2.33. The second kappa shape index (κ2) is 8.27. The van der Waals surface area contributed by atoms with Crippen LogP contribution >= 0.6 is 0 Å². The second-order valence-electron chi connectivity index (χ2n) is 7.10. The molecule has 0 atom stereocenters. The number of benzene rings is 2. The molecular weight excluding hydrogens is 364 g/mol. The first kappa shape index (κ1) is 18.9. The van der Waals surface area contributed by atoms with E-state index in [-0.39, 0.29) is 12.7 Å². The summed E-state index contributed by atoms with van der Waals surface area (Å²) in [6.07, 6.45) is 3.80. The van der Waals surface area contributed by atoms with Gasteiger partial charge in [0, 0.05) is 30.5 Å². The smallest absolute Gasteiger partial charge is 0.254 e. The van der Waals surface area contributed by atoms with Crippen LogP contribution in [0.25, 0.3) is 0 Å². The number of carbonyl (C=O) groups is 1. The Hall–Kier alpha value is -3.47. The summed E-state index contributed by atoms with van der Waals surface area (Å²) >= 11 is 0. The summed E-state index contributed by atoms with van der Waals surface area (Å²) in [7, 11) is 0. The SMILES string of the molecule is C=CCN(Cc1cccn1Cc1ccccc1C)C(=O)c1ccc2c(c1)OCO2. The summed E-state index contributed by atoms with van der Waals surface area (Å²) in [5.41, 5.74) is 4.17. The summed E-state index contributed by atoms with van der Waals surface area (Å²) in [5, 5.41) is 0. The van der Waals surface area contributed by atoms with Crippen LogP contribution in [0.3, 0.4) is 0 Å². The Kier molecular flexibility index (Phi) is 5.38. The molecule has 0 N–H and O–H groups in total. The fraction of sp³-hybridized carbons (Fsp3) is 0.208. The van der Waals surface area contributed by atoms with E-state index in [0.717, 1.165) is 12.2 Å². The predicted molar refractivity (Wildman–Crippen MR) is 112 cm³/mol. The molecule has 1 aromatic heterocycles. The maximum atomic E-state index is 13.2. The van der Waals surface area contributed by atoms with Gasteiger partial charge >= 0.3 is 0 Å². The topological polar surface area (TPSA) is 43.7 Å². The number of rotatable bonds is 7. The van der Waals surface area contributed by atoms with E-state index in [9.17, 15) is 4.79 Å². The third-order valence-electron chi connectivity index (χ3n) is 5.13. The van der Waals surface area contributed by atoms with Crippen LogP contribution < -0.4 is 9.47 Å². The number of hydrogen-bond acceptors (Lipinski definition) is 3. The normalized spacial score (nSPS) is 12.0. The Morgan fingerprint density at radius 2 is 1.97 bits per heavy atom. The predicted octanol–water partition coefficient (Wildman–Crippen LogP) is 4.40. The minimum Gasteiger partial charge on any atom is -0.454 e. The molecule has 3 aromatic rings. The van der Waals surface area contributed by atoms with Gasteiger partial charge < -0.3 is 18.9 Å². The second-order valence-corrected chi connectivity index (χ2v) is 7.10. The number of carbonyl (C=O) groups excluding carboxylic acids is 1. The number of fused-ring (bicyclic) bond motifs is 1. The molecule has 0 aliphatic carbocycles. The quantitative estimate of drug-likeness (QED) is 0.564. The highest BCUT2D eigenvalue weighted by Gasteiger charge is 2.20. The summed E-state index contributed by atoms with van der Waals surface area (Å²) < 4.78 is 12.9. The molecule has 2 heterocycles. The molecular formula is C24H24N2O3. The maximum absolute atomic E-state index is 13.2. The molecule has 0 spiro atoms. The highest BCUT2D eigenvalue weighted by molar-refractivity contribution is 5.95. The Balaban J connectivity index is 1.55. The fourth-order valence-corrected chi connectivity index (χ4v) is 3.50. The lowest BCUT2D eigenvalue weighted by Crippen LogP contribution is -2.31. The lowest BCUT2D eigenvalue weighted by atomic mass is 10.1. The third-order valence-corrected chi connectivity index (χ3v) is 5.13. The number of amides is 1. The van der Waals surface area contributed by atoms with E-state index in [2.05, 4.69) is 48.5 Å². The first-order chi connectivity index (χ1) is 14.2. The molecule has 1 aliphatic heterocycles. The summed E-state index contributed by atoms with van der Waals surface area (Å²) in [6, 6.07) is 17.7. The van der Waals surface area contributed by atoms with Crippen molar-refractivity contribution in [2.24, 2.45) is 0 Å². The lowest BCUT2D eigenvalue weighted by molar-refractivity contribution is 0.0759. The van der Waals surface area contributed by atoms with Crippen molar-refractivity contribution in [3.8, 4) is 11.5 Å². The van der Waals surface area contributed by atoms with Crippen molar-refractivity contribution in [2.75, 3.05) is 13.3 Å². The van der Waals surface area contributed by atoms with E-state index in [1.165, 1.54) is 11.1 Å². The van der Waals surface area contributed by atoms with Gasteiger partial charge in [0.25, 0.3) is 5.91 Å². The van der Waals surface area contributed by atoms with Gasteiger partial charge in [0.1, 0.15) is 0 Å². The van der Waals surface area contributed by atoms with E-state index >= 15 is 0 Å². The molecule has 1 aliphatic rings. The number of ether oxygens (including phenoxy) is 2. The highest BCUT2D eigenvalue weighted by atomic mass is 16.7. The van der Waals surface area contributed by atoms with Gasteiger partial charge in [0.2, 0.25) is 6.79 Å². The fourth-order valence-electron chi connectivity index (χ4n) is 3.50. The Morgan fingerprint density at radius 3 is 2.79 bits per heavy atom. The molecule has 4 rings (SSSR count). The van der Waals surface area contributed by atoms with Gasteiger partial charge in [-0.1, -0.05) is 30.3 Å². The van der Waals surface area contributed by atoms with Crippen LogP contribution in [0.4, 0.5) is 0 Å². The maximum Gasteiger partial charge on any atom is 0.254 e. The average Bonchev–Trinajstić information content (AvgIpc) is 3.37. The zero-order chi connectivity index (χ0) is 20.2. The number of hydrogen-bond donors (Lipinski definition) is 0. The molecule has 0 saturated carbocycles. The molecule has 0 bridgehead atoms. The Bertz CT molecular complexity index is 1040. The van der Waals surface area contributed by atoms with E-state index in [1.54, 1.807) is 29.2 Å². The van der Waals surface area contributed by atoms with Gasteiger partial charge in [-0.05, 0) is 48.4 Å². The van der Waals surface area contributed by atoms with Crippen molar-refractivity contribution in [1.82, 2.24) is 9.47 Å². The van der Waals surface area contributed by atoms with E-state index in [0.29, 0.717) is 30.2 Å². The number of aromatic nitrogens is 1. The number of nitrogens with zero attached hydrogens (tertiary/aromatic N) is 2. The molecule has 5 nitrogen and oxygen atoms in total. The van der Waals surface area contributed by atoms with Gasteiger partial charge in [0.15, 0.2) is 11.5 Å². The zero-order valence-corrected chi connectivity index (χ0v) is 16.5. The van der Waals surface area contributed by atoms with Crippen LogP contribution in [0.2, 0.25) is 0 Å². The zero-order valence-electron chi connectivity index (χ0n) is 16.5. The van der Waals surface area contributed by atoms with Gasteiger partial charge in [-0.25, -0.2) is 0 Å². The molecule has 2 aromatic carbocycles. The largest absolute Gasteiger partial charge is 0.454 e. The monoisotopic (exact) mass is 388 g/mol. The third kappa shape index (κ3) is 4.04. The van der Waals surface area contributed by atoms with E-state index in [1.807, 2.05) is 12.1 Å². The summed E-state index contributed by atoms with van der Waals surface area (Å²) in [4.78, 5) is 14.9. The Morgan fingerprint density at radius 1 is 1.14 bits per heavy atom.